The smallest absolute Gasteiger partial charge is 0.214 e. The lowest BCUT2D eigenvalue weighted by atomic mass is 10.2. The molecule has 108 valence electrons. The van der Waals surface area contributed by atoms with Crippen molar-refractivity contribution in [1.29, 1.82) is 0 Å². The van der Waals surface area contributed by atoms with Gasteiger partial charge in [-0.1, -0.05) is 20.8 Å². The number of nitrogens with zero attached hydrogens (tertiary/aromatic N) is 4. The van der Waals surface area contributed by atoms with Gasteiger partial charge in [0.15, 0.2) is 0 Å². The summed E-state index contributed by atoms with van der Waals surface area (Å²) < 4.78 is 0. The van der Waals surface area contributed by atoms with Crippen LogP contribution in [0, 0.1) is 6.92 Å². The van der Waals surface area contributed by atoms with Crippen LogP contribution in [0.5, 0.6) is 0 Å². The highest BCUT2D eigenvalue weighted by Crippen LogP contribution is 2.26. The molecule has 0 radical (unpaired) electrons. The van der Waals surface area contributed by atoms with Crippen LogP contribution in [0.25, 0.3) is 0 Å². The van der Waals surface area contributed by atoms with Gasteiger partial charge in [0, 0.05) is 18.5 Å². The minimum atomic E-state index is 0.284. The molecule has 0 aliphatic rings. The van der Waals surface area contributed by atoms with Crippen molar-refractivity contribution < 1.29 is 0 Å². The third-order valence-electron chi connectivity index (χ3n) is 2.57. The number of H-pyrrole nitrogens is 1. The minimum absolute atomic E-state index is 0.284. The van der Waals surface area contributed by atoms with Crippen LogP contribution < -0.4 is 5.32 Å². The number of anilines is 1. The summed E-state index contributed by atoms with van der Waals surface area (Å²) in [6.07, 6.45) is 1.06. The van der Waals surface area contributed by atoms with E-state index in [-0.39, 0.29) is 5.92 Å². The SMILES string of the molecule is CCCNc1cc(Sc2n[nH]c(C)n2)nc(C(C)C)n1. The van der Waals surface area contributed by atoms with Crippen molar-refractivity contribution in [1.82, 2.24) is 25.1 Å². The van der Waals surface area contributed by atoms with Gasteiger partial charge in [0.1, 0.15) is 22.5 Å². The Labute approximate surface area is 123 Å². The van der Waals surface area contributed by atoms with Crippen molar-refractivity contribution in [2.45, 2.75) is 50.2 Å². The molecule has 0 amide bonds. The van der Waals surface area contributed by atoms with E-state index in [1.54, 1.807) is 0 Å². The standard InChI is InChI=1S/C13H20N6S/c1-5-6-14-10-7-11(17-12(16-10)8(2)3)20-13-15-9(4)18-19-13/h7-8H,5-6H2,1-4H3,(H,14,16,17)(H,15,18,19). The van der Waals surface area contributed by atoms with Crippen LogP contribution >= 0.6 is 11.8 Å². The monoisotopic (exact) mass is 292 g/mol. The largest absolute Gasteiger partial charge is 0.370 e. The van der Waals surface area contributed by atoms with Gasteiger partial charge in [-0.2, -0.15) is 0 Å². The molecule has 0 unspecified atom stereocenters. The molecule has 2 heterocycles. The quantitative estimate of drug-likeness (QED) is 0.797. The average molecular weight is 292 g/mol. The molecular formula is C13H20N6S. The summed E-state index contributed by atoms with van der Waals surface area (Å²) in [4.78, 5) is 13.4. The van der Waals surface area contributed by atoms with Crippen molar-refractivity contribution in [2.24, 2.45) is 0 Å². The molecule has 0 saturated heterocycles. The van der Waals surface area contributed by atoms with E-state index in [1.807, 2.05) is 13.0 Å². The fourth-order valence-corrected chi connectivity index (χ4v) is 2.33. The number of hydrogen-bond donors (Lipinski definition) is 2. The molecule has 0 aromatic carbocycles. The lowest BCUT2D eigenvalue weighted by Crippen LogP contribution is -2.06. The summed E-state index contributed by atoms with van der Waals surface area (Å²) in [6.45, 7) is 9.08. The molecule has 0 atom stereocenters. The lowest BCUT2D eigenvalue weighted by molar-refractivity contribution is 0.752. The van der Waals surface area contributed by atoms with E-state index in [4.69, 9.17) is 0 Å². The van der Waals surface area contributed by atoms with Crippen molar-refractivity contribution in [3.63, 3.8) is 0 Å². The zero-order chi connectivity index (χ0) is 14.5. The van der Waals surface area contributed by atoms with Gasteiger partial charge in [-0.05, 0) is 25.1 Å². The molecule has 7 heteroatoms. The second-order valence-corrected chi connectivity index (χ2v) is 5.82. The molecule has 0 spiro atoms. The van der Waals surface area contributed by atoms with Crippen LogP contribution in [0.2, 0.25) is 0 Å². The molecule has 2 aromatic rings. The Morgan fingerprint density at radius 2 is 2.10 bits per heavy atom. The van der Waals surface area contributed by atoms with Crippen LogP contribution in [0.1, 0.15) is 44.8 Å². The molecule has 0 fully saturated rings. The number of hydrogen-bond acceptors (Lipinski definition) is 6. The topological polar surface area (TPSA) is 79.4 Å². The first-order valence-electron chi connectivity index (χ1n) is 6.78. The Morgan fingerprint density at radius 3 is 2.70 bits per heavy atom. The van der Waals surface area contributed by atoms with Gasteiger partial charge in [0.2, 0.25) is 5.16 Å². The van der Waals surface area contributed by atoms with Gasteiger partial charge in [0.05, 0.1) is 0 Å². The fourth-order valence-electron chi connectivity index (χ4n) is 1.56. The molecule has 2 rings (SSSR count). The van der Waals surface area contributed by atoms with E-state index in [0.717, 1.165) is 35.5 Å². The maximum atomic E-state index is 4.56. The first kappa shape index (κ1) is 14.8. The highest BCUT2D eigenvalue weighted by atomic mass is 32.2. The van der Waals surface area contributed by atoms with Crippen LogP contribution in [0.15, 0.2) is 16.2 Å². The van der Waals surface area contributed by atoms with E-state index in [0.29, 0.717) is 5.16 Å². The summed E-state index contributed by atoms with van der Waals surface area (Å²) in [7, 11) is 0. The average Bonchev–Trinajstić information content (AvgIpc) is 2.81. The summed E-state index contributed by atoms with van der Waals surface area (Å²) in [5.41, 5.74) is 0. The number of rotatable bonds is 6. The minimum Gasteiger partial charge on any atom is -0.370 e. The fraction of sp³-hybridized carbons (Fsp3) is 0.538. The Bertz CT molecular complexity index is 566. The van der Waals surface area contributed by atoms with E-state index in [9.17, 15) is 0 Å². The zero-order valence-electron chi connectivity index (χ0n) is 12.3. The molecule has 2 N–H and O–H groups in total. The van der Waals surface area contributed by atoms with Crippen LogP contribution in [-0.4, -0.2) is 31.7 Å². The highest BCUT2D eigenvalue weighted by molar-refractivity contribution is 7.99. The zero-order valence-corrected chi connectivity index (χ0v) is 13.1. The molecule has 0 aliphatic carbocycles. The van der Waals surface area contributed by atoms with E-state index in [2.05, 4.69) is 51.2 Å². The molecule has 2 aromatic heterocycles. The predicted octanol–water partition coefficient (Wildman–Crippen LogP) is 3.00. The van der Waals surface area contributed by atoms with Gasteiger partial charge in [0.25, 0.3) is 0 Å². The summed E-state index contributed by atoms with van der Waals surface area (Å²) in [6, 6.07) is 1.94. The molecular weight excluding hydrogens is 272 g/mol. The van der Waals surface area contributed by atoms with Crippen molar-refractivity contribution >= 4 is 17.6 Å². The van der Waals surface area contributed by atoms with Gasteiger partial charge in [-0.25, -0.2) is 15.0 Å². The van der Waals surface area contributed by atoms with Crippen molar-refractivity contribution in [3.05, 3.63) is 17.7 Å². The summed E-state index contributed by atoms with van der Waals surface area (Å²) in [5, 5.41) is 11.8. The summed E-state index contributed by atoms with van der Waals surface area (Å²) >= 11 is 1.44. The van der Waals surface area contributed by atoms with E-state index >= 15 is 0 Å². The highest BCUT2D eigenvalue weighted by Gasteiger charge is 2.11. The van der Waals surface area contributed by atoms with E-state index < -0.39 is 0 Å². The normalized spacial score (nSPS) is 11.1. The molecule has 0 aliphatic heterocycles. The van der Waals surface area contributed by atoms with Gasteiger partial charge in [-0.3, -0.25) is 5.10 Å². The van der Waals surface area contributed by atoms with Crippen molar-refractivity contribution in [2.75, 3.05) is 11.9 Å². The Morgan fingerprint density at radius 1 is 1.30 bits per heavy atom. The number of aryl methyl sites for hydroxylation is 1. The van der Waals surface area contributed by atoms with Crippen LogP contribution in [0.4, 0.5) is 5.82 Å². The number of nitrogens with one attached hydrogen (secondary N) is 2. The molecule has 0 bridgehead atoms. The molecule has 6 nitrogen and oxygen atoms in total. The lowest BCUT2D eigenvalue weighted by Gasteiger charge is -2.10. The number of aromatic nitrogens is 5. The molecule has 20 heavy (non-hydrogen) atoms. The van der Waals surface area contributed by atoms with Gasteiger partial charge < -0.3 is 5.32 Å². The van der Waals surface area contributed by atoms with Gasteiger partial charge >= 0.3 is 0 Å². The van der Waals surface area contributed by atoms with Gasteiger partial charge in [-0.15, -0.1) is 5.10 Å². The van der Waals surface area contributed by atoms with Crippen LogP contribution in [0.3, 0.4) is 0 Å². The summed E-state index contributed by atoms with van der Waals surface area (Å²) in [5.74, 6) is 2.78. The third kappa shape index (κ3) is 3.93. The predicted molar refractivity (Wildman–Crippen MR) is 80.1 cm³/mol. The maximum Gasteiger partial charge on any atom is 0.214 e. The molecule has 0 saturated carbocycles. The maximum absolute atomic E-state index is 4.56. The first-order chi connectivity index (χ1) is 9.58. The second-order valence-electron chi connectivity index (χ2n) is 4.84. The third-order valence-corrected chi connectivity index (χ3v) is 3.35. The number of aromatic amines is 1. The Kier molecular flexibility index (Phi) is 4.94. The first-order valence-corrected chi connectivity index (χ1v) is 7.59. The van der Waals surface area contributed by atoms with Crippen LogP contribution in [-0.2, 0) is 0 Å². The Balaban J connectivity index is 2.23. The second kappa shape index (κ2) is 6.69. The van der Waals surface area contributed by atoms with E-state index in [1.165, 1.54) is 11.8 Å². The van der Waals surface area contributed by atoms with Crippen molar-refractivity contribution in [3.8, 4) is 0 Å². The Hall–Kier alpha value is -1.63.